The molecule has 112 valence electrons. The average Bonchev–Trinajstić information content (AvgIpc) is 2.91. The zero-order valence-electron chi connectivity index (χ0n) is 12.4. The molecule has 0 aromatic heterocycles. The van der Waals surface area contributed by atoms with Gasteiger partial charge in [0.15, 0.2) is 11.5 Å². The summed E-state index contributed by atoms with van der Waals surface area (Å²) in [5.41, 5.74) is 1.23. The van der Waals surface area contributed by atoms with E-state index < -0.39 is 0 Å². The summed E-state index contributed by atoms with van der Waals surface area (Å²) in [4.78, 5) is 0. The molecule has 0 amide bonds. The quantitative estimate of drug-likeness (QED) is 0.767. The van der Waals surface area contributed by atoms with Crippen LogP contribution in [-0.2, 0) is 6.42 Å². The van der Waals surface area contributed by atoms with Crippen LogP contribution in [0.2, 0.25) is 0 Å². The number of aryl methyl sites for hydroxylation is 1. The Kier molecular flexibility index (Phi) is 5.26. The van der Waals surface area contributed by atoms with Crippen LogP contribution in [0, 0.1) is 0 Å². The number of fused-ring (bicyclic) bond motifs is 1. The zero-order valence-corrected chi connectivity index (χ0v) is 12.4. The van der Waals surface area contributed by atoms with Crippen molar-refractivity contribution in [1.29, 1.82) is 0 Å². The van der Waals surface area contributed by atoms with Gasteiger partial charge in [0.05, 0.1) is 0 Å². The van der Waals surface area contributed by atoms with Gasteiger partial charge in [-0.3, -0.25) is 0 Å². The van der Waals surface area contributed by atoms with E-state index in [0.29, 0.717) is 6.79 Å². The predicted molar refractivity (Wildman–Crippen MR) is 79.3 cm³/mol. The van der Waals surface area contributed by atoms with E-state index in [1.54, 1.807) is 0 Å². The third-order valence-corrected chi connectivity index (χ3v) is 3.87. The van der Waals surface area contributed by atoms with Crippen molar-refractivity contribution >= 4 is 0 Å². The van der Waals surface area contributed by atoms with Crippen molar-refractivity contribution < 1.29 is 14.6 Å². The lowest BCUT2D eigenvalue weighted by Gasteiger charge is -2.30. The van der Waals surface area contributed by atoms with Crippen LogP contribution in [0.3, 0.4) is 0 Å². The summed E-state index contributed by atoms with van der Waals surface area (Å²) in [6.07, 6.45) is 3.83. The topological polar surface area (TPSA) is 50.7 Å². The Labute approximate surface area is 121 Å². The summed E-state index contributed by atoms with van der Waals surface area (Å²) < 4.78 is 10.7. The maximum atomic E-state index is 9.25. The van der Waals surface area contributed by atoms with Crippen LogP contribution >= 0.6 is 0 Å². The third kappa shape index (κ3) is 3.87. The number of hydrogen-bond acceptors (Lipinski definition) is 4. The van der Waals surface area contributed by atoms with E-state index in [4.69, 9.17) is 9.47 Å². The van der Waals surface area contributed by atoms with E-state index in [1.165, 1.54) is 5.56 Å². The van der Waals surface area contributed by atoms with Gasteiger partial charge in [0.2, 0.25) is 6.79 Å². The summed E-state index contributed by atoms with van der Waals surface area (Å²) in [6.45, 7) is 5.86. The lowest BCUT2D eigenvalue weighted by molar-refractivity contribution is 0.174. The van der Waals surface area contributed by atoms with Gasteiger partial charge >= 0.3 is 0 Å². The van der Waals surface area contributed by atoms with Crippen molar-refractivity contribution in [2.45, 2.75) is 45.1 Å². The lowest BCUT2D eigenvalue weighted by atomic mass is 9.90. The number of hydrogen-bond donors (Lipinski definition) is 2. The van der Waals surface area contributed by atoms with Crippen LogP contribution < -0.4 is 14.8 Å². The standard InChI is InChI=1S/C16H25NO3/c1-3-9-17-16(2,8-10-18)7-6-13-4-5-14-15(11-13)20-12-19-14/h4-5,11,17-18H,3,6-10,12H2,1-2H3. The summed E-state index contributed by atoms with van der Waals surface area (Å²) >= 11 is 0. The molecule has 20 heavy (non-hydrogen) atoms. The summed E-state index contributed by atoms with van der Waals surface area (Å²) in [5, 5.41) is 12.8. The van der Waals surface area contributed by atoms with E-state index in [0.717, 1.165) is 43.7 Å². The largest absolute Gasteiger partial charge is 0.454 e. The number of aliphatic hydroxyl groups is 1. The molecule has 1 aromatic rings. The molecule has 2 N–H and O–H groups in total. The van der Waals surface area contributed by atoms with E-state index >= 15 is 0 Å². The maximum absolute atomic E-state index is 9.25. The fourth-order valence-electron chi connectivity index (χ4n) is 2.49. The Balaban J connectivity index is 1.94. The first-order valence-electron chi connectivity index (χ1n) is 7.41. The molecule has 0 saturated carbocycles. The van der Waals surface area contributed by atoms with Gasteiger partial charge in [-0.05, 0) is 56.8 Å². The molecule has 0 aliphatic carbocycles. The van der Waals surface area contributed by atoms with Crippen LogP contribution in [0.1, 0.15) is 38.7 Å². The smallest absolute Gasteiger partial charge is 0.231 e. The maximum Gasteiger partial charge on any atom is 0.231 e. The van der Waals surface area contributed by atoms with E-state index in [2.05, 4.69) is 31.3 Å². The van der Waals surface area contributed by atoms with Crippen LogP contribution in [0.5, 0.6) is 11.5 Å². The van der Waals surface area contributed by atoms with Crippen molar-refractivity contribution in [2.75, 3.05) is 19.9 Å². The van der Waals surface area contributed by atoms with Gasteiger partial charge in [0.1, 0.15) is 0 Å². The predicted octanol–water partition coefficient (Wildman–Crippen LogP) is 2.49. The van der Waals surface area contributed by atoms with Gasteiger partial charge in [0, 0.05) is 12.1 Å². The highest BCUT2D eigenvalue weighted by atomic mass is 16.7. The summed E-state index contributed by atoms with van der Waals surface area (Å²) in [6, 6.07) is 6.12. The molecule has 0 bridgehead atoms. The molecule has 1 aliphatic rings. The van der Waals surface area contributed by atoms with Gasteiger partial charge in [-0.2, -0.15) is 0 Å². The molecule has 0 saturated heterocycles. The third-order valence-electron chi connectivity index (χ3n) is 3.87. The molecule has 1 aliphatic heterocycles. The number of ether oxygens (including phenoxy) is 2. The number of rotatable bonds is 8. The fraction of sp³-hybridized carbons (Fsp3) is 0.625. The summed E-state index contributed by atoms with van der Waals surface area (Å²) in [5.74, 6) is 1.67. The molecule has 4 heteroatoms. The van der Waals surface area contributed by atoms with E-state index in [1.807, 2.05) is 6.07 Å². The monoisotopic (exact) mass is 279 g/mol. The van der Waals surface area contributed by atoms with Gasteiger partial charge < -0.3 is 19.9 Å². The Hall–Kier alpha value is -1.26. The van der Waals surface area contributed by atoms with Crippen LogP contribution in [0.4, 0.5) is 0 Å². The minimum absolute atomic E-state index is 0.0128. The highest BCUT2D eigenvalue weighted by molar-refractivity contribution is 5.44. The SMILES string of the molecule is CCCNC(C)(CCO)CCc1ccc2c(c1)OCO2. The zero-order chi connectivity index (χ0) is 14.4. The second-order valence-corrected chi connectivity index (χ2v) is 5.65. The van der Waals surface area contributed by atoms with Gasteiger partial charge in [0.25, 0.3) is 0 Å². The van der Waals surface area contributed by atoms with Crippen LogP contribution in [-0.4, -0.2) is 30.6 Å². The molecule has 1 aromatic carbocycles. The first kappa shape index (κ1) is 15.1. The highest BCUT2D eigenvalue weighted by Crippen LogP contribution is 2.33. The van der Waals surface area contributed by atoms with Crippen LogP contribution in [0.15, 0.2) is 18.2 Å². The molecule has 1 heterocycles. The van der Waals surface area contributed by atoms with Gasteiger partial charge in [-0.1, -0.05) is 13.0 Å². The van der Waals surface area contributed by atoms with E-state index in [9.17, 15) is 5.11 Å². The number of aliphatic hydroxyl groups excluding tert-OH is 1. The molecule has 0 fully saturated rings. The fourth-order valence-corrected chi connectivity index (χ4v) is 2.49. The van der Waals surface area contributed by atoms with Crippen molar-refractivity contribution in [3.63, 3.8) is 0 Å². The van der Waals surface area contributed by atoms with Crippen molar-refractivity contribution in [2.24, 2.45) is 0 Å². The molecule has 4 nitrogen and oxygen atoms in total. The normalized spacial score (nSPS) is 16.1. The first-order chi connectivity index (χ1) is 9.67. The second-order valence-electron chi connectivity index (χ2n) is 5.65. The first-order valence-corrected chi connectivity index (χ1v) is 7.41. The molecular weight excluding hydrogens is 254 g/mol. The highest BCUT2D eigenvalue weighted by Gasteiger charge is 2.22. The molecule has 0 spiro atoms. The van der Waals surface area contributed by atoms with Gasteiger partial charge in [-0.25, -0.2) is 0 Å². The molecular formula is C16H25NO3. The lowest BCUT2D eigenvalue weighted by Crippen LogP contribution is -2.44. The minimum atomic E-state index is -0.0128. The Bertz CT molecular complexity index is 436. The minimum Gasteiger partial charge on any atom is -0.454 e. The number of benzene rings is 1. The van der Waals surface area contributed by atoms with E-state index in [-0.39, 0.29) is 12.1 Å². The van der Waals surface area contributed by atoms with Crippen molar-refractivity contribution in [1.82, 2.24) is 5.32 Å². The molecule has 0 radical (unpaired) electrons. The Morgan fingerprint density at radius 2 is 2.05 bits per heavy atom. The summed E-state index contributed by atoms with van der Waals surface area (Å²) in [7, 11) is 0. The molecule has 2 rings (SSSR count). The number of nitrogens with one attached hydrogen (secondary N) is 1. The Morgan fingerprint density at radius 3 is 2.80 bits per heavy atom. The molecule has 1 atom stereocenters. The average molecular weight is 279 g/mol. The Morgan fingerprint density at radius 1 is 1.25 bits per heavy atom. The second kappa shape index (κ2) is 6.95. The van der Waals surface area contributed by atoms with Crippen LogP contribution in [0.25, 0.3) is 0 Å². The molecule has 1 unspecified atom stereocenters. The van der Waals surface area contributed by atoms with Crippen molar-refractivity contribution in [3.8, 4) is 11.5 Å². The van der Waals surface area contributed by atoms with Gasteiger partial charge in [-0.15, -0.1) is 0 Å². The van der Waals surface area contributed by atoms with Crippen molar-refractivity contribution in [3.05, 3.63) is 23.8 Å².